The number of carbonyl (C=O) groups excluding carboxylic acids is 1. The van der Waals surface area contributed by atoms with Crippen molar-refractivity contribution in [2.24, 2.45) is 5.73 Å². The highest BCUT2D eigenvalue weighted by atomic mass is 32.1. The van der Waals surface area contributed by atoms with Crippen LogP contribution in [-0.2, 0) is 11.2 Å². The molecule has 3 N–H and O–H groups in total. The molecule has 6 heteroatoms. The third-order valence-corrected chi connectivity index (χ3v) is 3.62. The van der Waals surface area contributed by atoms with Gasteiger partial charge in [-0.05, 0) is 19.8 Å². The van der Waals surface area contributed by atoms with Crippen LogP contribution in [0.15, 0.2) is 0 Å². The second kappa shape index (κ2) is 6.80. The molecule has 1 aromatic heterocycles. The molecule has 5 nitrogen and oxygen atoms in total. The zero-order valence-corrected chi connectivity index (χ0v) is 12.1. The van der Waals surface area contributed by atoms with Crippen molar-refractivity contribution < 1.29 is 4.79 Å². The predicted octanol–water partition coefficient (Wildman–Crippen LogP) is 2.34. The molecule has 0 aliphatic carbocycles. The van der Waals surface area contributed by atoms with Crippen molar-refractivity contribution in [3.8, 4) is 0 Å². The predicted molar refractivity (Wildman–Crippen MR) is 74.7 cm³/mol. The Morgan fingerprint density at radius 3 is 2.72 bits per heavy atom. The second-order valence-corrected chi connectivity index (χ2v) is 5.79. The first kappa shape index (κ1) is 15.0. The lowest BCUT2D eigenvalue weighted by atomic mass is 9.97. The highest BCUT2D eigenvalue weighted by Gasteiger charge is 2.27. The van der Waals surface area contributed by atoms with E-state index >= 15 is 0 Å². The molecular formula is C12H22N4OS. The van der Waals surface area contributed by atoms with Crippen LogP contribution >= 0.6 is 11.3 Å². The summed E-state index contributed by atoms with van der Waals surface area (Å²) in [6.07, 6.45) is 4.66. The van der Waals surface area contributed by atoms with Crippen LogP contribution in [-0.4, -0.2) is 21.6 Å². The number of hydrogen-bond acceptors (Lipinski definition) is 5. The molecule has 0 aliphatic rings. The molecule has 0 saturated heterocycles. The van der Waals surface area contributed by atoms with Crippen LogP contribution in [0.2, 0.25) is 0 Å². The molecule has 0 saturated carbocycles. The van der Waals surface area contributed by atoms with E-state index < -0.39 is 5.54 Å². The van der Waals surface area contributed by atoms with E-state index in [2.05, 4.69) is 22.4 Å². The van der Waals surface area contributed by atoms with Crippen LogP contribution in [0.5, 0.6) is 0 Å². The van der Waals surface area contributed by atoms with Gasteiger partial charge < -0.3 is 5.73 Å². The third kappa shape index (κ3) is 4.34. The zero-order chi connectivity index (χ0) is 13.6. The number of rotatable bonds is 7. The average Bonchev–Trinajstić information content (AvgIpc) is 2.74. The number of carbonyl (C=O) groups is 1. The van der Waals surface area contributed by atoms with Gasteiger partial charge in [0.2, 0.25) is 11.0 Å². The van der Waals surface area contributed by atoms with Crippen LogP contribution in [0, 0.1) is 0 Å². The fourth-order valence-electron chi connectivity index (χ4n) is 1.61. The van der Waals surface area contributed by atoms with Crippen LogP contribution in [0.1, 0.15) is 51.5 Å². The Kier molecular flexibility index (Phi) is 5.68. The number of anilines is 1. The molecule has 102 valence electrons. The average molecular weight is 270 g/mol. The lowest BCUT2D eigenvalue weighted by Gasteiger charge is -2.21. The Bertz CT molecular complexity index is 389. The summed E-state index contributed by atoms with van der Waals surface area (Å²) in [6, 6.07) is 0. The van der Waals surface area contributed by atoms with Crippen molar-refractivity contribution in [1.29, 1.82) is 0 Å². The largest absolute Gasteiger partial charge is 0.318 e. The topological polar surface area (TPSA) is 80.9 Å². The Labute approximate surface area is 112 Å². The van der Waals surface area contributed by atoms with Gasteiger partial charge in [-0.25, -0.2) is 0 Å². The van der Waals surface area contributed by atoms with Gasteiger partial charge in [0, 0.05) is 6.42 Å². The van der Waals surface area contributed by atoms with Gasteiger partial charge >= 0.3 is 0 Å². The first-order chi connectivity index (χ1) is 8.49. The van der Waals surface area contributed by atoms with Crippen LogP contribution in [0.4, 0.5) is 5.13 Å². The van der Waals surface area contributed by atoms with Gasteiger partial charge in [-0.2, -0.15) is 0 Å². The summed E-state index contributed by atoms with van der Waals surface area (Å²) < 4.78 is 0. The van der Waals surface area contributed by atoms with Gasteiger partial charge in [0.1, 0.15) is 5.01 Å². The van der Waals surface area contributed by atoms with E-state index in [0.29, 0.717) is 11.6 Å². The highest BCUT2D eigenvalue weighted by Crippen LogP contribution is 2.19. The number of nitrogens with two attached hydrogens (primary N) is 1. The summed E-state index contributed by atoms with van der Waals surface area (Å²) in [6.45, 7) is 5.88. The summed E-state index contributed by atoms with van der Waals surface area (Å²) in [5.41, 5.74) is 5.11. The van der Waals surface area contributed by atoms with Crippen molar-refractivity contribution in [1.82, 2.24) is 10.2 Å². The molecule has 0 fully saturated rings. The molecule has 1 aromatic rings. The van der Waals surface area contributed by atoms with Gasteiger partial charge in [-0.15, -0.1) is 10.2 Å². The molecular weight excluding hydrogens is 248 g/mol. The maximum atomic E-state index is 12.0. The summed E-state index contributed by atoms with van der Waals surface area (Å²) in [7, 11) is 0. The number of nitrogens with zero attached hydrogens (tertiary/aromatic N) is 2. The third-order valence-electron chi connectivity index (χ3n) is 2.72. The fourth-order valence-corrected chi connectivity index (χ4v) is 2.38. The van der Waals surface area contributed by atoms with Gasteiger partial charge in [0.05, 0.1) is 5.54 Å². The summed E-state index contributed by atoms with van der Waals surface area (Å²) in [4.78, 5) is 12.0. The molecule has 0 aliphatic heterocycles. The van der Waals surface area contributed by atoms with E-state index in [1.165, 1.54) is 11.3 Å². The Morgan fingerprint density at radius 2 is 2.11 bits per heavy atom. The normalized spacial score (nSPS) is 14.2. The molecule has 1 heterocycles. The van der Waals surface area contributed by atoms with Crippen molar-refractivity contribution in [3.63, 3.8) is 0 Å². The van der Waals surface area contributed by atoms with Crippen molar-refractivity contribution >= 4 is 22.4 Å². The van der Waals surface area contributed by atoms with Crippen molar-refractivity contribution in [2.75, 3.05) is 5.32 Å². The highest BCUT2D eigenvalue weighted by molar-refractivity contribution is 7.15. The molecule has 1 unspecified atom stereocenters. The maximum Gasteiger partial charge on any atom is 0.245 e. The number of amides is 1. The molecule has 18 heavy (non-hydrogen) atoms. The summed E-state index contributed by atoms with van der Waals surface area (Å²) >= 11 is 1.43. The minimum Gasteiger partial charge on any atom is -0.318 e. The minimum absolute atomic E-state index is 0.192. The quantitative estimate of drug-likeness (QED) is 0.797. The van der Waals surface area contributed by atoms with Gasteiger partial charge in [-0.3, -0.25) is 10.1 Å². The fraction of sp³-hybridized carbons (Fsp3) is 0.750. The first-order valence-electron chi connectivity index (χ1n) is 6.42. The maximum absolute atomic E-state index is 12.0. The summed E-state index contributed by atoms with van der Waals surface area (Å²) in [5.74, 6) is -0.192. The summed E-state index contributed by atoms with van der Waals surface area (Å²) in [5, 5.41) is 12.3. The Balaban J connectivity index is 2.56. The Morgan fingerprint density at radius 1 is 1.39 bits per heavy atom. The lowest BCUT2D eigenvalue weighted by molar-refractivity contribution is -0.120. The number of aromatic nitrogens is 2. The second-order valence-electron chi connectivity index (χ2n) is 4.73. The number of unbranched alkanes of at least 4 members (excludes halogenated alkanes) is 1. The van der Waals surface area contributed by atoms with E-state index in [1.807, 2.05) is 6.92 Å². The van der Waals surface area contributed by atoms with Crippen LogP contribution < -0.4 is 11.1 Å². The zero-order valence-electron chi connectivity index (χ0n) is 11.3. The monoisotopic (exact) mass is 270 g/mol. The first-order valence-corrected chi connectivity index (χ1v) is 7.24. The number of nitrogens with one attached hydrogen (secondary N) is 1. The van der Waals surface area contributed by atoms with E-state index in [-0.39, 0.29) is 5.91 Å². The number of aryl methyl sites for hydroxylation is 1. The van der Waals surface area contributed by atoms with Crippen molar-refractivity contribution in [2.45, 2.75) is 58.4 Å². The molecule has 1 atom stereocenters. The standard InChI is InChI=1S/C12H22N4OS/c1-4-6-7-9-15-16-11(18-9)14-10(17)12(3,13)8-5-2/h4-8,13H2,1-3H3,(H,14,16,17). The van der Waals surface area contributed by atoms with E-state index in [1.54, 1.807) is 6.92 Å². The smallest absolute Gasteiger partial charge is 0.245 e. The van der Waals surface area contributed by atoms with E-state index in [4.69, 9.17) is 5.73 Å². The molecule has 1 amide bonds. The van der Waals surface area contributed by atoms with Crippen LogP contribution in [0.3, 0.4) is 0 Å². The number of hydrogen-bond donors (Lipinski definition) is 2. The lowest BCUT2D eigenvalue weighted by Crippen LogP contribution is -2.48. The SMILES string of the molecule is CCCCc1nnc(NC(=O)C(C)(N)CCC)s1. The van der Waals surface area contributed by atoms with E-state index in [9.17, 15) is 4.79 Å². The van der Waals surface area contributed by atoms with E-state index in [0.717, 1.165) is 30.7 Å². The Hall–Kier alpha value is -1.01. The van der Waals surface area contributed by atoms with Gasteiger partial charge in [0.15, 0.2) is 0 Å². The molecule has 0 bridgehead atoms. The van der Waals surface area contributed by atoms with Gasteiger partial charge in [0.25, 0.3) is 0 Å². The molecule has 0 aromatic carbocycles. The minimum atomic E-state index is -0.843. The van der Waals surface area contributed by atoms with Crippen molar-refractivity contribution in [3.05, 3.63) is 5.01 Å². The van der Waals surface area contributed by atoms with Gasteiger partial charge in [-0.1, -0.05) is 38.0 Å². The molecule has 1 rings (SSSR count). The molecule has 0 radical (unpaired) electrons. The molecule has 0 spiro atoms. The van der Waals surface area contributed by atoms with Crippen LogP contribution in [0.25, 0.3) is 0 Å².